The number of hydrogen-bond acceptors (Lipinski definition) is 8. The first-order valence-electron chi connectivity index (χ1n) is 9.19. The Kier molecular flexibility index (Phi) is 6.15. The first-order chi connectivity index (χ1) is 13.4. The first-order valence-corrected chi connectivity index (χ1v) is 9.57. The summed E-state index contributed by atoms with van der Waals surface area (Å²) in [6.07, 6.45) is 0. The number of anilines is 3. The van der Waals surface area contributed by atoms with Crippen LogP contribution in [0.2, 0.25) is 5.02 Å². The number of nitrogens with zero attached hydrogens (tertiary/aromatic N) is 5. The van der Waals surface area contributed by atoms with E-state index >= 15 is 0 Å². The van der Waals surface area contributed by atoms with Crippen molar-refractivity contribution in [3.8, 4) is 0 Å². The summed E-state index contributed by atoms with van der Waals surface area (Å²) < 4.78 is 1.71. The van der Waals surface area contributed by atoms with Gasteiger partial charge in [-0.05, 0) is 30.5 Å². The van der Waals surface area contributed by atoms with Gasteiger partial charge in [0.25, 0.3) is 0 Å². The summed E-state index contributed by atoms with van der Waals surface area (Å²) in [4.78, 5) is 9.10. The van der Waals surface area contributed by atoms with Crippen LogP contribution >= 0.6 is 11.6 Å². The second-order valence-electron chi connectivity index (χ2n) is 6.86. The molecule has 5 N–H and O–H groups in total. The summed E-state index contributed by atoms with van der Waals surface area (Å²) >= 11 is 5.99. The normalized spacial score (nSPS) is 12.5. The lowest BCUT2D eigenvalue weighted by atomic mass is 10.1. The van der Waals surface area contributed by atoms with Crippen LogP contribution in [0.15, 0.2) is 18.2 Å². The topological polar surface area (TPSA) is 127 Å². The van der Waals surface area contributed by atoms with Crippen LogP contribution in [0.25, 0.3) is 11.2 Å². The van der Waals surface area contributed by atoms with Crippen LogP contribution in [0, 0.1) is 5.92 Å². The highest BCUT2D eigenvalue weighted by atomic mass is 35.5. The Morgan fingerprint density at radius 1 is 1.29 bits per heavy atom. The third kappa shape index (κ3) is 4.26. The van der Waals surface area contributed by atoms with Gasteiger partial charge in [-0.1, -0.05) is 36.7 Å². The quantitative estimate of drug-likeness (QED) is 0.422. The molecule has 0 aliphatic carbocycles. The average Bonchev–Trinajstić information content (AvgIpc) is 3.09. The lowest BCUT2D eigenvalue weighted by molar-refractivity contribution is 0.248. The van der Waals surface area contributed by atoms with E-state index in [0.29, 0.717) is 46.7 Å². The van der Waals surface area contributed by atoms with Gasteiger partial charge in [-0.3, -0.25) is 0 Å². The fourth-order valence-corrected chi connectivity index (χ4v) is 2.85. The summed E-state index contributed by atoms with van der Waals surface area (Å²) in [7, 11) is 0. The fourth-order valence-electron chi connectivity index (χ4n) is 2.73. The van der Waals surface area contributed by atoms with Crippen molar-refractivity contribution in [2.24, 2.45) is 5.92 Å². The summed E-state index contributed by atoms with van der Waals surface area (Å²) in [5, 5.41) is 25.0. The van der Waals surface area contributed by atoms with Crippen molar-refractivity contribution in [3.63, 3.8) is 0 Å². The van der Waals surface area contributed by atoms with E-state index in [-0.39, 0.29) is 18.6 Å². The summed E-state index contributed by atoms with van der Waals surface area (Å²) in [5.41, 5.74) is 8.57. The predicted octanol–water partition coefficient (Wildman–Crippen LogP) is 2.52. The van der Waals surface area contributed by atoms with Crippen LogP contribution in [0.5, 0.6) is 0 Å². The molecule has 1 aromatic carbocycles. The van der Waals surface area contributed by atoms with E-state index in [9.17, 15) is 5.11 Å². The van der Waals surface area contributed by atoms with Crippen molar-refractivity contribution < 1.29 is 5.11 Å². The van der Waals surface area contributed by atoms with E-state index in [4.69, 9.17) is 17.3 Å². The predicted molar refractivity (Wildman–Crippen MR) is 111 cm³/mol. The molecule has 2 heterocycles. The van der Waals surface area contributed by atoms with E-state index in [2.05, 4.69) is 30.9 Å². The van der Waals surface area contributed by atoms with Crippen LogP contribution < -0.4 is 16.4 Å². The van der Waals surface area contributed by atoms with Crippen LogP contribution in [0.1, 0.15) is 26.3 Å². The molecule has 1 atom stereocenters. The smallest absolute Gasteiger partial charge is 0.227 e. The molecule has 9 nitrogen and oxygen atoms in total. The molecule has 3 aromatic rings. The van der Waals surface area contributed by atoms with Crippen molar-refractivity contribution >= 4 is 40.2 Å². The Balaban J connectivity index is 1.92. The molecule has 0 unspecified atom stereocenters. The summed E-state index contributed by atoms with van der Waals surface area (Å²) in [6.45, 7) is 7.12. The molecular weight excluding hydrogens is 380 g/mol. The Morgan fingerprint density at radius 3 is 2.71 bits per heavy atom. The van der Waals surface area contributed by atoms with Crippen molar-refractivity contribution in [1.29, 1.82) is 0 Å². The van der Waals surface area contributed by atoms with E-state index < -0.39 is 0 Å². The second kappa shape index (κ2) is 8.57. The van der Waals surface area contributed by atoms with Gasteiger partial charge in [-0.2, -0.15) is 9.97 Å². The molecule has 2 aromatic heterocycles. The second-order valence-corrected chi connectivity index (χ2v) is 7.27. The molecule has 3 rings (SSSR count). The zero-order valence-electron chi connectivity index (χ0n) is 16.1. The van der Waals surface area contributed by atoms with Gasteiger partial charge in [0.05, 0.1) is 23.4 Å². The Labute approximate surface area is 168 Å². The molecule has 0 saturated heterocycles. The minimum Gasteiger partial charge on any atom is -0.398 e. The molecule has 150 valence electrons. The van der Waals surface area contributed by atoms with Crippen molar-refractivity contribution in [1.82, 2.24) is 25.0 Å². The monoisotopic (exact) mass is 404 g/mol. The number of nitrogen functional groups attached to an aromatic ring is 1. The van der Waals surface area contributed by atoms with Gasteiger partial charge < -0.3 is 21.5 Å². The number of fused-ring (bicyclic) bond motifs is 1. The number of nitrogens with two attached hydrogens (primary N) is 1. The molecule has 28 heavy (non-hydrogen) atoms. The third-order valence-corrected chi connectivity index (χ3v) is 4.84. The van der Waals surface area contributed by atoms with Gasteiger partial charge in [0, 0.05) is 13.1 Å². The van der Waals surface area contributed by atoms with E-state index in [0.717, 1.165) is 5.56 Å². The summed E-state index contributed by atoms with van der Waals surface area (Å²) in [5.74, 6) is 1.18. The van der Waals surface area contributed by atoms with Crippen LogP contribution in [-0.4, -0.2) is 42.7 Å². The maximum atomic E-state index is 9.62. The molecule has 0 aliphatic heterocycles. The minimum absolute atomic E-state index is 0.0167. The van der Waals surface area contributed by atoms with Crippen LogP contribution in [-0.2, 0) is 13.1 Å². The highest BCUT2D eigenvalue weighted by Gasteiger charge is 2.18. The Hall–Kier alpha value is -2.65. The largest absolute Gasteiger partial charge is 0.398 e. The van der Waals surface area contributed by atoms with Gasteiger partial charge in [-0.25, -0.2) is 4.68 Å². The van der Waals surface area contributed by atoms with Crippen molar-refractivity contribution in [2.75, 3.05) is 23.0 Å². The number of nitrogens with one attached hydrogen (secondary N) is 2. The van der Waals surface area contributed by atoms with E-state index in [1.165, 1.54) is 0 Å². The van der Waals surface area contributed by atoms with Gasteiger partial charge in [0.2, 0.25) is 5.95 Å². The summed E-state index contributed by atoms with van der Waals surface area (Å²) in [6, 6.07) is 5.31. The number of aliphatic hydroxyl groups excluding tert-OH is 1. The lowest BCUT2D eigenvalue weighted by Crippen LogP contribution is -2.30. The van der Waals surface area contributed by atoms with E-state index in [1.807, 2.05) is 32.9 Å². The molecule has 0 aliphatic rings. The van der Waals surface area contributed by atoms with Gasteiger partial charge in [0.15, 0.2) is 17.0 Å². The lowest BCUT2D eigenvalue weighted by Gasteiger charge is -2.20. The number of rotatable bonds is 8. The average molecular weight is 405 g/mol. The number of halogens is 1. The number of aromatic nitrogens is 5. The number of aryl methyl sites for hydroxylation is 1. The third-order valence-electron chi connectivity index (χ3n) is 4.50. The van der Waals surface area contributed by atoms with E-state index in [1.54, 1.807) is 10.7 Å². The van der Waals surface area contributed by atoms with Crippen molar-refractivity contribution in [3.05, 3.63) is 28.8 Å². The highest BCUT2D eigenvalue weighted by Crippen LogP contribution is 2.23. The molecule has 0 bridgehead atoms. The maximum Gasteiger partial charge on any atom is 0.227 e. The molecule has 0 radical (unpaired) electrons. The molecular formula is C18H25ClN8O. The zero-order valence-corrected chi connectivity index (χ0v) is 16.9. The number of aliphatic hydroxyl groups is 1. The minimum atomic E-state index is -0.160. The molecule has 0 spiro atoms. The van der Waals surface area contributed by atoms with Gasteiger partial charge >= 0.3 is 0 Å². The molecule has 0 saturated carbocycles. The fraction of sp³-hybridized carbons (Fsp3) is 0.444. The number of benzene rings is 1. The highest BCUT2D eigenvalue weighted by molar-refractivity contribution is 6.33. The SMILES string of the molecule is CCn1nnc2c(NCc3ccc(Cl)c(N)c3)nc(N[C@@H](CO)C(C)C)nc21. The van der Waals surface area contributed by atoms with Crippen molar-refractivity contribution in [2.45, 2.75) is 39.9 Å². The van der Waals surface area contributed by atoms with Gasteiger partial charge in [0.1, 0.15) is 0 Å². The standard InChI is InChI=1S/C18H25ClN8O/c1-4-27-17-15(25-26-27)16(21-8-11-5-6-12(19)13(20)7-11)23-18(24-17)22-14(9-28)10(2)3/h5-7,10,14,28H,4,8-9,20H2,1-3H3,(H2,21,22,23,24)/t14-/m0/s1. The van der Waals surface area contributed by atoms with Gasteiger partial charge in [-0.15, -0.1) is 5.10 Å². The Bertz CT molecular complexity index is 958. The molecule has 0 fully saturated rings. The Morgan fingerprint density at radius 2 is 2.07 bits per heavy atom. The maximum absolute atomic E-state index is 9.62. The first kappa shape index (κ1) is 20.1. The van der Waals surface area contributed by atoms with Crippen LogP contribution in [0.3, 0.4) is 0 Å². The van der Waals surface area contributed by atoms with Crippen LogP contribution in [0.4, 0.5) is 17.5 Å². The number of hydrogen-bond donors (Lipinski definition) is 4. The molecule has 0 amide bonds. The molecule has 10 heteroatoms. The zero-order chi connectivity index (χ0) is 20.3.